The normalized spacial score (nSPS) is 16.0. The molecule has 1 unspecified atom stereocenters. The molecule has 1 amide bonds. The lowest BCUT2D eigenvalue weighted by Gasteiger charge is -2.33. The van der Waals surface area contributed by atoms with E-state index in [0.29, 0.717) is 35.3 Å². The summed E-state index contributed by atoms with van der Waals surface area (Å²) in [5.74, 6) is 0.676. The third-order valence-corrected chi connectivity index (χ3v) is 6.79. The van der Waals surface area contributed by atoms with Crippen LogP contribution in [0.15, 0.2) is 24.3 Å². The molecule has 1 aromatic carbocycles. The molecule has 0 radical (unpaired) electrons. The van der Waals surface area contributed by atoms with Crippen molar-refractivity contribution >= 4 is 28.2 Å². The molecule has 6 heteroatoms. The molecule has 1 atom stereocenters. The van der Waals surface area contributed by atoms with Crippen LogP contribution in [-0.2, 0) is 17.6 Å². The van der Waals surface area contributed by atoms with Crippen molar-refractivity contribution in [3.8, 4) is 5.75 Å². The van der Waals surface area contributed by atoms with Gasteiger partial charge in [0.1, 0.15) is 10.8 Å². The van der Waals surface area contributed by atoms with Gasteiger partial charge in [-0.25, -0.2) is 4.79 Å². The highest BCUT2D eigenvalue weighted by atomic mass is 32.1. The average Bonchev–Trinajstić information content (AvgIpc) is 3.05. The first-order valence-corrected chi connectivity index (χ1v) is 11.4. The van der Waals surface area contributed by atoms with Gasteiger partial charge in [-0.3, -0.25) is 4.79 Å². The lowest BCUT2D eigenvalue weighted by atomic mass is 9.72. The average molecular weight is 430 g/mol. The molecule has 0 aliphatic heterocycles. The number of anilines is 1. The minimum Gasteiger partial charge on any atom is -0.494 e. The maximum absolute atomic E-state index is 12.9. The summed E-state index contributed by atoms with van der Waals surface area (Å²) in [5.41, 5.74) is 2.30. The molecule has 2 aromatic rings. The van der Waals surface area contributed by atoms with Gasteiger partial charge < -0.3 is 14.8 Å². The van der Waals surface area contributed by atoms with Crippen molar-refractivity contribution in [1.82, 2.24) is 0 Å². The number of amides is 1. The Morgan fingerprint density at radius 3 is 2.43 bits per heavy atom. The van der Waals surface area contributed by atoms with Crippen LogP contribution in [0.5, 0.6) is 5.75 Å². The van der Waals surface area contributed by atoms with Crippen LogP contribution in [0.4, 0.5) is 5.00 Å². The number of thiophene rings is 1. The molecule has 1 aliphatic carbocycles. The van der Waals surface area contributed by atoms with Gasteiger partial charge in [-0.15, -0.1) is 11.3 Å². The van der Waals surface area contributed by atoms with Crippen LogP contribution in [0.3, 0.4) is 0 Å². The molecule has 3 rings (SSSR count). The molecule has 30 heavy (non-hydrogen) atoms. The number of nitrogens with one attached hydrogen (secondary N) is 1. The number of carbonyl (C=O) groups excluding carboxylic acids is 2. The number of fused-ring (bicyclic) bond motifs is 1. The van der Waals surface area contributed by atoms with Gasteiger partial charge >= 0.3 is 5.97 Å². The summed E-state index contributed by atoms with van der Waals surface area (Å²) in [6.07, 6.45) is 2.79. The number of carbonyl (C=O) groups is 2. The minimum absolute atomic E-state index is 0.206. The van der Waals surface area contributed by atoms with E-state index in [4.69, 9.17) is 9.47 Å². The first kappa shape index (κ1) is 22.3. The first-order chi connectivity index (χ1) is 14.2. The van der Waals surface area contributed by atoms with Gasteiger partial charge in [0, 0.05) is 10.4 Å². The predicted octanol–water partition coefficient (Wildman–Crippen LogP) is 5.73. The molecular formula is C24H31NO4S. The van der Waals surface area contributed by atoms with Gasteiger partial charge in [0.2, 0.25) is 0 Å². The van der Waals surface area contributed by atoms with E-state index in [1.807, 2.05) is 6.92 Å². The smallest absolute Gasteiger partial charge is 0.341 e. The lowest BCUT2D eigenvalue weighted by Crippen LogP contribution is -2.26. The second-order valence-electron chi connectivity index (χ2n) is 8.65. The molecule has 0 saturated carbocycles. The monoisotopic (exact) mass is 429 g/mol. The number of benzene rings is 1. The van der Waals surface area contributed by atoms with Crippen molar-refractivity contribution in [3.05, 3.63) is 45.8 Å². The van der Waals surface area contributed by atoms with E-state index in [2.05, 4.69) is 26.1 Å². The zero-order valence-electron chi connectivity index (χ0n) is 18.5. The first-order valence-electron chi connectivity index (χ1n) is 10.6. The Kier molecular flexibility index (Phi) is 6.86. The van der Waals surface area contributed by atoms with E-state index in [-0.39, 0.29) is 17.3 Å². The highest BCUT2D eigenvalue weighted by Crippen LogP contribution is 2.44. The molecule has 0 saturated heterocycles. The summed E-state index contributed by atoms with van der Waals surface area (Å²) in [4.78, 5) is 26.8. The van der Waals surface area contributed by atoms with E-state index in [9.17, 15) is 9.59 Å². The quantitative estimate of drug-likeness (QED) is 0.596. The molecule has 5 nitrogen and oxygen atoms in total. The van der Waals surface area contributed by atoms with Crippen molar-refractivity contribution in [2.75, 3.05) is 18.5 Å². The van der Waals surface area contributed by atoms with Crippen LogP contribution in [0.1, 0.15) is 72.2 Å². The van der Waals surface area contributed by atoms with Gasteiger partial charge in [-0.05, 0) is 74.3 Å². The van der Waals surface area contributed by atoms with Crippen LogP contribution in [0.2, 0.25) is 0 Å². The molecule has 0 spiro atoms. The molecule has 0 fully saturated rings. The van der Waals surface area contributed by atoms with Crippen molar-refractivity contribution in [2.45, 2.75) is 53.9 Å². The van der Waals surface area contributed by atoms with Crippen LogP contribution in [0, 0.1) is 11.3 Å². The summed E-state index contributed by atoms with van der Waals surface area (Å²) < 4.78 is 10.8. The molecular weight excluding hydrogens is 398 g/mol. The van der Waals surface area contributed by atoms with E-state index >= 15 is 0 Å². The zero-order valence-corrected chi connectivity index (χ0v) is 19.3. The van der Waals surface area contributed by atoms with Crippen LogP contribution in [-0.4, -0.2) is 25.1 Å². The van der Waals surface area contributed by atoms with Gasteiger partial charge in [0.15, 0.2) is 0 Å². The van der Waals surface area contributed by atoms with Gasteiger partial charge in [0.05, 0.1) is 18.8 Å². The lowest BCUT2D eigenvalue weighted by molar-refractivity contribution is 0.0526. The Hall–Kier alpha value is -2.34. The standard InChI is InChI=1S/C24H31NO4S/c1-6-28-17-11-8-15(9-12-17)21(26)25-22-20(23(27)29-7-2)18-13-10-16(24(3,4)5)14-19(18)30-22/h8-9,11-12,16H,6-7,10,13-14H2,1-5H3,(H,25,26). The molecule has 1 aromatic heterocycles. The van der Waals surface area contributed by atoms with E-state index < -0.39 is 0 Å². The van der Waals surface area contributed by atoms with Crippen LogP contribution >= 0.6 is 11.3 Å². The summed E-state index contributed by atoms with van der Waals surface area (Å²) >= 11 is 1.51. The Bertz CT molecular complexity index is 909. The second-order valence-corrected chi connectivity index (χ2v) is 9.75. The minimum atomic E-state index is -0.355. The highest BCUT2D eigenvalue weighted by molar-refractivity contribution is 7.17. The largest absolute Gasteiger partial charge is 0.494 e. The Morgan fingerprint density at radius 2 is 1.83 bits per heavy atom. The van der Waals surface area contributed by atoms with Crippen LogP contribution < -0.4 is 10.1 Å². The van der Waals surface area contributed by atoms with Crippen molar-refractivity contribution < 1.29 is 19.1 Å². The third kappa shape index (κ3) is 4.86. The third-order valence-electron chi connectivity index (χ3n) is 5.62. The second kappa shape index (κ2) is 9.21. The number of hydrogen-bond acceptors (Lipinski definition) is 5. The van der Waals surface area contributed by atoms with Crippen molar-refractivity contribution in [2.24, 2.45) is 11.3 Å². The topological polar surface area (TPSA) is 64.6 Å². The number of rotatable bonds is 6. The number of hydrogen-bond donors (Lipinski definition) is 1. The fourth-order valence-corrected chi connectivity index (χ4v) is 5.19. The highest BCUT2D eigenvalue weighted by Gasteiger charge is 2.34. The molecule has 1 heterocycles. The fraction of sp³-hybridized carbons (Fsp3) is 0.500. The molecule has 1 aliphatic rings. The molecule has 1 N–H and O–H groups in total. The molecule has 162 valence electrons. The van der Waals surface area contributed by atoms with Gasteiger partial charge in [-0.1, -0.05) is 20.8 Å². The van der Waals surface area contributed by atoms with E-state index in [1.165, 1.54) is 16.2 Å². The van der Waals surface area contributed by atoms with Gasteiger partial charge in [0.25, 0.3) is 5.91 Å². The number of esters is 1. The Morgan fingerprint density at radius 1 is 1.13 bits per heavy atom. The fourth-order valence-electron chi connectivity index (χ4n) is 3.88. The van der Waals surface area contributed by atoms with E-state index in [0.717, 1.165) is 30.6 Å². The van der Waals surface area contributed by atoms with Crippen molar-refractivity contribution in [1.29, 1.82) is 0 Å². The SMILES string of the molecule is CCOC(=O)c1c(NC(=O)c2ccc(OCC)cc2)sc2c1CCC(C(C)(C)C)C2. The Labute approximate surface area is 182 Å². The summed E-state index contributed by atoms with van der Waals surface area (Å²) in [5, 5.41) is 3.56. The maximum atomic E-state index is 12.9. The van der Waals surface area contributed by atoms with Crippen molar-refractivity contribution in [3.63, 3.8) is 0 Å². The number of ether oxygens (including phenoxy) is 2. The van der Waals surface area contributed by atoms with Gasteiger partial charge in [-0.2, -0.15) is 0 Å². The Balaban J connectivity index is 1.89. The van der Waals surface area contributed by atoms with E-state index in [1.54, 1.807) is 31.2 Å². The summed E-state index contributed by atoms with van der Waals surface area (Å²) in [6, 6.07) is 7.01. The summed E-state index contributed by atoms with van der Waals surface area (Å²) in [6.45, 7) is 11.4. The zero-order chi connectivity index (χ0) is 21.9. The molecule has 0 bridgehead atoms. The summed E-state index contributed by atoms with van der Waals surface area (Å²) in [7, 11) is 0. The predicted molar refractivity (Wildman–Crippen MR) is 121 cm³/mol. The maximum Gasteiger partial charge on any atom is 0.341 e. The van der Waals surface area contributed by atoms with Crippen LogP contribution in [0.25, 0.3) is 0 Å².